The van der Waals surface area contributed by atoms with E-state index in [-0.39, 0.29) is 17.9 Å². The summed E-state index contributed by atoms with van der Waals surface area (Å²) in [5, 5.41) is 0. The number of aromatic nitrogens is 2. The molecule has 0 aliphatic carbocycles. The van der Waals surface area contributed by atoms with Gasteiger partial charge in [0.2, 0.25) is 5.91 Å². The SMILES string of the molecule is CC(=O)N1CCC[C@@H](c2cnc(N3CCOC3=O)cn2)C1. The zero-order chi connectivity index (χ0) is 14.8. The minimum atomic E-state index is -0.377. The summed E-state index contributed by atoms with van der Waals surface area (Å²) in [6.45, 7) is 4.00. The van der Waals surface area contributed by atoms with Gasteiger partial charge in [-0.15, -0.1) is 0 Å². The summed E-state index contributed by atoms with van der Waals surface area (Å²) in [6, 6.07) is 0. The molecule has 7 heteroatoms. The third-order valence-corrected chi connectivity index (χ3v) is 3.98. The van der Waals surface area contributed by atoms with Gasteiger partial charge >= 0.3 is 6.09 Å². The van der Waals surface area contributed by atoms with Crippen LogP contribution in [0.4, 0.5) is 10.6 Å². The Morgan fingerprint density at radius 3 is 2.81 bits per heavy atom. The van der Waals surface area contributed by atoms with Crippen LogP contribution in [0, 0.1) is 0 Å². The second-order valence-electron chi connectivity index (χ2n) is 5.37. The summed E-state index contributed by atoms with van der Waals surface area (Å²) in [7, 11) is 0. The summed E-state index contributed by atoms with van der Waals surface area (Å²) >= 11 is 0. The molecule has 2 saturated heterocycles. The maximum atomic E-state index is 11.5. The fourth-order valence-electron chi connectivity index (χ4n) is 2.79. The van der Waals surface area contributed by atoms with Gasteiger partial charge in [-0.05, 0) is 12.8 Å². The van der Waals surface area contributed by atoms with Crippen LogP contribution in [-0.2, 0) is 9.53 Å². The lowest BCUT2D eigenvalue weighted by atomic mass is 9.95. The van der Waals surface area contributed by atoms with Crippen LogP contribution in [-0.4, -0.2) is 53.1 Å². The van der Waals surface area contributed by atoms with Crippen LogP contribution in [0.3, 0.4) is 0 Å². The molecular formula is C14H18N4O3. The van der Waals surface area contributed by atoms with E-state index < -0.39 is 0 Å². The van der Waals surface area contributed by atoms with Gasteiger partial charge in [0.25, 0.3) is 0 Å². The number of carbonyl (C=O) groups excluding carboxylic acids is 2. The summed E-state index contributed by atoms with van der Waals surface area (Å²) < 4.78 is 4.88. The second kappa shape index (κ2) is 5.67. The molecular weight excluding hydrogens is 272 g/mol. The number of likely N-dealkylation sites (tertiary alicyclic amines) is 1. The molecule has 3 heterocycles. The lowest BCUT2D eigenvalue weighted by Gasteiger charge is -2.31. The van der Waals surface area contributed by atoms with Gasteiger partial charge in [0, 0.05) is 25.9 Å². The largest absolute Gasteiger partial charge is 0.447 e. The number of hydrogen-bond donors (Lipinski definition) is 0. The van der Waals surface area contributed by atoms with E-state index in [4.69, 9.17) is 4.74 Å². The van der Waals surface area contributed by atoms with E-state index in [0.29, 0.717) is 25.5 Å². The van der Waals surface area contributed by atoms with Crippen LogP contribution in [0.25, 0.3) is 0 Å². The van der Waals surface area contributed by atoms with Crippen molar-refractivity contribution in [3.05, 3.63) is 18.1 Å². The number of rotatable bonds is 2. The Hall–Kier alpha value is -2.18. The van der Waals surface area contributed by atoms with Gasteiger partial charge in [-0.1, -0.05) is 0 Å². The number of anilines is 1. The molecule has 1 aromatic rings. The molecule has 2 amide bonds. The third-order valence-electron chi connectivity index (χ3n) is 3.98. The minimum absolute atomic E-state index is 0.101. The molecule has 21 heavy (non-hydrogen) atoms. The molecule has 7 nitrogen and oxygen atoms in total. The summed E-state index contributed by atoms with van der Waals surface area (Å²) in [5.74, 6) is 0.833. The van der Waals surface area contributed by atoms with E-state index in [1.54, 1.807) is 19.3 Å². The average Bonchev–Trinajstić information content (AvgIpc) is 2.94. The highest BCUT2D eigenvalue weighted by molar-refractivity contribution is 5.87. The second-order valence-corrected chi connectivity index (χ2v) is 5.37. The first-order valence-electron chi connectivity index (χ1n) is 7.17. The summed E-state index contributed by atoms with van der Waals surface area (Å²) in [6.07, 6.45) is 4.91. The standard InChI is InChI=1S/C14H18N4O3/c1-10(19)17-4-2-3-11(9-17)12-7-16-13(8-15-12)18-5-6-21-14(18)20/h7-8,11H,2-6,9H2,1H3/t11-/m1/s1. The summed E-state index contributed by atoms with van der Waals surface area (Å²) in [4.78, 5) is 35.0. The molecule has 1 aromatic heterocycles. The normalized spacial score (nSPS) is 22.3. The molecule has 2 aliphatic heterocycles. The van der Waals surface area contributed by atoms with Crippen LogP contribution in [0.5, 0.6) is 0 Å². The molecule has 112 valence electrons. The van der Waals surface area contributed by atoms with Crippen molar-refractivity contribution < 1.29 is 14.3 Å². The molecule has 0 unspecified atom stereocenters. The van der Waals surface area contributed by atoms with Crippen LogP contribution in [0.1, 0.15) is 31.4 Å². The highest BCUT2D eigenvalue weighted by atomic mass is 16.6. The number of carbonyl (C=O) groups is 2. The maximum Gasteiger partial charge on any atom is 0.415 e. The molecule has 0 radical (unpaired) electrons. The fourth-order valence-corrected chi connectivity index (χ4v) is 2.79. The van der Waals surface area contributed by atoms with Gasteiger partial charge in [-0.25, -0.2) is 9.78 Å². The Balaban J connectivity index is 1.71. The van der Waals surface area contributed by atoms with Crippen molar-refractivity contribution in [3.63, 3.8) is 0 Å². The Morgan fingerprint density at radius 1 is 1.33 bits per heavy atom. The Kier molecular flexibility index (Phi) is 3.72. The predicted octanol–water partition coefficient (Wildman–Crippen LogP) is 1.16. The number of amides is 2. The summed E-state index contributed by atoms with van der Waals surface area (Å²) in [5.41, 5.74) is 0.872. The highest BCUT2D eigenvalue weighted by Gasteiger charge is 2.27. The number of ether oxygens (including phenoxy) is 1. The van der Waals surface area contributed by atoms with Crippen LogP contribution in [0.15, 0.2) is 12.4 Å². The smallest absolute Gasteiger partial charge is 0.415 e. The van der Waals surface area contributed by atoms with Crippen molar-refractivity contribution >= 4 is 17.8 Å². The number of nitrogens with zero attached hydrogens (tertiary/aromatic N) is 4. The monoisotopic (exact) mass is 290 g/mol. The van der Waals surface area contributed by atoms with Crippen LogP contribution in [0.2, 0.25) is 0 Å². The van der Waals surface area contributed by atoms with E-state index in [2.05, 4.69) is 9.97 Å². The van der Waals surface area contributed by atoms with E-state index in [1.165, 1.54) is 4.90 Å². The Morgan fingerprint density at radius 2 is 2.19 bits per heavy atom. The molecule has 2 fully saturated rings. The van der Waals surface area contributed by atoms with Crippen LogP contribution < -0.4 is 4.90 Å². The van der Waals surface area contributed by atoms with Crippen molar-refractivity contribution in [1.29, 1.82) is 0 Å². The van der Waals surface area contributed by atoms with E-state index in [0.717, 1.165) is 25.1 Å². The van der Waals surface area contributed by atoms with Gasteiger partial charge in [0.1, 0.15) is 6.61 Å². The fraction of sp³-hybridized carbons (Fsp3) is 0.571. The van der Waals surface area contributed by atoms with Crippen molar-refractivity contribution in [2.24, 2.45) is 0 Å². The molecule has 0 bridgehead atoms. The molecule has 3 rings (SSSR count). The maximum absolute atomic E-state index is 11.5. The van der Waals surface area contributed by atoms with Gasteiger partial charge in [0.05, 0.1) is 24.6 Å². The lowest BCUT2D eigenvalue weighted by molar-refractivity contribution is -0.130. The quantitative estimate of drug-likeness (QED) is 0.817. The zero-order valence-corrected chi connectivity index (χ0v) is 12.0. The topological polar surface area (TPSA) is 75.6 Å². The molecule has 0 saturated carbocycles. The lowest BCUT2D eigenvalue weighted by Crippen LogP contribution is -2.37. The van der Waals surface area contributed by atoms with Crippen molar-refractivity contribution in [1.82, 2.24) is 14.9 Å². The Bertz CT molecular complexity index is 546. The van der Waals surface area contributed by atoms with Crippen molar-refractivity contribution in [2.45, 2.75) is 25.7 Å². The van der Waals surface area contributed by atoms with Gasteiger partial charge in [0.15, 0.2) is 5.82 Å². The van der Waals surface area contributed by atoms with Gasteiger partial charge in [-0.3, -0.25) is 14.7 Å². The average molecular weight is 290 g/mol. The molecule has 0 spiro atoms. The van der Waals surface area contributed by atoms with Crippen molar-refractivity contribution in [2.75, 3.05) is 31.1 Å². The molecule has 0 N–H and O–H groups in total. The zero-order valence-electron chi connectivity index (χ0n) is 12.0. The number of cyclic esters (lactones) is 1. The number of piperidine rings is 1. The molecule has 2 aliphatic rings. The van der Waals surface area contributed by atoms with Crippen LogP contribution >= 0.6 is 0 Å². The van der Waals surface area contributed by atoms with Gasteiger partial charge < -0.3 is 9.64 Å². The molecule has 1 atom stereocenters. The molecule has 0 aromatic carbocycles. The third kappa shape index (κ3) is 2.81. The van der Waals surface area contributed by atoms with E-state index >= 15 is 0 Å². The number of hydrogen-bond acceptors (Lipinski definition) is 5. The first-order valence-corrected chi connectivity index (χ1v) is 7.17. The minimum Gasteiger partial charge on any atom is -0.447 e. The van der Waals surface area contributed by atoms with Gasteiger partial charge in [-0.2, -0.15) is 0 Å². The van der Waals surface area contributed by atoms with Crippen molar-refractivity contribution in [3.8, 4) is 0 Å². The van der Waals surface area contributed by atoms with E-state index in [1.807, 2.05) is 4.90 Å². The highest BCUT2D eigenvalue weighted by Crippen LogP contribution is 2.26. The Labute approximate surface area is 122 Å². The van der Waals surface area contributed by atoms with E-state index in [9.17, 15) is 9.59 Å². The first-order chi connectivity index (χ1) is 10.1. The predicted molar refractivity (Wildman–Crippen MR) is 75.0 cm³/mol. The first kappa shape index (κ1) is 13.8.